The van der Waals surface area contributed by atoms with Crippen LogP contribution in [0, 0.1) is 5.82 Å². The van der Waals surface area contributed by atoms with Gasteiger partial charge in [-0.05, 0) is 36.4 Å². The fourth-order valence-electron chi connectivity index (χ4n) is 2.97. The lowest BCUT2D eigenvalue weighted by Crippen LogP contribution is -2.06. The number of aromatic nitrogens is 4. The Hall–Kier alpha value is -3.53. The van der Waals surface area contributed by atoms with Crippen molar-refractivity contribution in [1.82, 2.24) is 19.7 Å². The first kappa shape index (κ1) is 18.8. The number of nitrogens with zero attached hydrogens (tertiary/aromatic N) is 4. The summed E-state index contributed by atoms with van der Waals surface area (Å²) in [4.78, 5) is 8.35. The highest BCUT2D eigenvalue weighted by atomic mass is 32.2. The van der Waals surface area contributed by atoms with E-state index in [0.29, 0.717) is 22.4 Å². The van der Waals surface area contributed by atoms with Crippen LogP contribution in [-0.2, 0) is 9.84 Å². The minimum Gasteiger partial charge on any atom is -0.496 e. The van der Waals surface area contributed by atoms with Crippen molar-refractivity contribution in [2.75, 3.05) is 19.1 Å². The zero-order valence-electron chi connectivity index (χ0n) is 15.5. The molecule has 8 nitrogen and oxygen atoms in total. The number of benzene rings is 2. The van der Waals surface area contributed by atoms with E-state index in [9.17, 15) is 12.8 Å². The molecule has 0 aliphatic rings. The van der Waals surface area contributed by atoms with Crippen LogP contribution in [0.5, 0.6) is 5.75 Å². The third-order valence-corrected chi connectivity index (χ3v) is 5.16. The topological polar surface area (TPSA) is 113 Å². The van der Waals surface area contributed by atoms with Gasteiger partial charge in [0.1, 0.15) is 17.4 Å². The molecular weight excluding hydrogens is 397 g/mol. The smallest absolute Gasteiger partial charge is 0.249 e. The fourth-order valence-corrected chi connectivity index (χ4v) is 3.48. The maximum Gasteiger partial charge on any atom is 0.249 e. The molecule has 0 amide bonds. The number of halogens is 1. The maximum atomic E-state index is 13.3. The number of hydrogen-bond donors (Lipinski definition) is 1. The summed E-state index contributed by atoms with van der Waals surface area (Å²) < 4.78 is 44.4. The number of fused-ring (bicyclic) bond motifs is 1. The number of nitrogens with two attached hydrogens (primary N) is 1. The van der Waals surface area contributed by atoms with Crippen LogP contribution in [0.3, 0.4) is 0 Å². The zero-order chi connectivity index (χ0) is 20.8. The second-order valence-corrected chi connectivity index (χ2v) is 8.21. The van der Waals surface area contributed by atoms with Crippen molar-refractivity contribution in [3.63, 3.8) is 0 Å². The lowest BCUT2D eigenvalue weighted by Gasteiger charge is -2.10. The van der Waals surface area contributed by atoms with Gasteiger partial charge in [-0.1, -0.05) is 12.1 Å². The third-order valence-electron chi connectivity index (χ3n) is 4.31. The predicted molar refractivity (Wildman–Crippen MR) is 106 cm³/mol. The Balaban J connectivity index is 2.09. The molecule has 0 radical (unpaired) electrons. The van der Waals surface area contributed by atoms with Crippen LogP contribution >= 0.6 is 0 Å². The molecule has 0 aliphatic heterocycles. The zero-order valence-corrected chi connectivity index (χ0v) is 16.3. The highest BCUT2D eigenvalue weighted by Gasteiger charge is 2.24. The van der Waals surface area contributed by atoms with E-state index in [1.54, 1.807) is 24.3 Å². The van der Waals surface area contributed by atoms with Crippen LogP contribution in [0.15, 0.2) is 53.7 Å². The largest absolute Gasteiger partial charge is 0.496 e. The number of hydrogen-bond acceptors (Lipinski definition) is 7. The summed E-state index contributed by atoms with van der Waals surface area (Å²) in [5.74, 6) is 0.270. The molecular formula is C19H16FN5O3S. The summed E-state index contributed by atoms with van der Waals surface area (Å²) in [5.41, 5.74) is 7.74. The summed E-state index contributed by atoms with van der Waals surface area (Å²) in [6.45, 7) is 0. The summed E-state index contributed by atoms with van der Waals surface area (Å²) in [7, 11) is -2.22. The van der Waals surface area contributed by atoms with E-state index in [4.69, 9.17) is 10.5 Å². The molecule has 2 aromatic heterocycles. The Morgan fingerprint density at radius 1 is 1.07 bits per heavy atom. The van der Waals surface area contributed by atoms with Gasteiger partial charge in [0.2, 0.25) is 15.0 Å². The van der Waals surface area contributed by atoms with Crippen molar-refractivity contribution in [3.8, 4) is 22.7 Å². The van der Waals surface area contributed by atoms with Crippen molar-refractivity contribution in [2.45, 2.75) is 5.16 Å². The molecule has 0 atom stereocenters. The van der Waals surface area contributed by atoms with Gasteiger partial charge in [-0.3, -0.25) is 0 Å². The van der Waals surface area contributed by atoms with Gasteiger partial charge >= 0.3 is 0 Å². The lowest BCUT2D eigenvalue weighted by molar-refractivity contribution is 0.416. The molecule has 2 heterocycles. The number of ether oxygens (including phenoxy) is 1. The molecule has 2 N–H and O–H groups in total. The number of nitrogen functional groups attached to an aromatic ring is 1. The van der Waals surface area contributed by atoms with Crippen molar-refractivity contribution in [1.29, 1.82) is 0 Å². The van der Waals surface area contributed by atoms with E-state index < -0.39 is 15.7 Å². The van der Waals surface area contributed by atoms with Gasteiger partial charge in [0.15, 0.2) is 5.65 Å². The van der Waals surface area contributed by atoms with Gasteiger partial charge in [0, 0.05) is 11.8 Å². The van der Waals surface area contributed by atoms with Gasteiger partial charge in [-0.2, -0.15) is 4.98 Å². The van der Waals surface area contributed by atoms with Gasteiger partial charge < -0.3 is 10.5 Å². The molecule has 0 unspecified atom stereocenters. The van der Waals surface area contributed by atoms with Crippen LogP contribution in [0.4, 0.5) is 10.2 Å². The van der Waals surface area contributed by atoms with Crippen molar-refractivity contribution < 1.29 is 17.5 Å². The molecule has 148 valence electrons. The fraction of sp³-hybridized carbons (Fsp3) is 0.105. The predicted octanol–water partition coefficient (Wildman–Crippen LogP) is 2.62. The molecule has 29 heavy (non-hydrogen) atoms. The Kier molecular flexibility index (Phi) is 4.42. The van der Waals surface area contributed by atoms with Crippen LogP contribution < -0.4 is 10.5 Å². The summed E-state index contributed by atoms with van der Waals surface area (Å²) in [6, 6.07) is 12.6. The quantitative estimate of drug-likeness (QED) is 0.512. The molecule has 4 rings (SSSR count). The Bertz CT molecular complexity index is 1330. The van der Waals surface area contributed by atoms with Gasteiger partial charge in [0.05, 0.1) is 23.9 Å². The number of para-hydroxylation sites is 1. The van der Waals surface area contributed by atoms with E-state index in [-0.39, 0.29) is 22.3 Å². The van der Waals surface area contributed by atoms with Crippen molar-refractivity contribution >= 4 is 26.7 Å². The highest BCUT2D eigenvalue weighted by molar-refractivity contribution is 7.90. The second kappa shape index (κ2) is 6.82. The molecule has 0 spiro atoms. The lowest BCUT2D eigenvalue weighted by atomic mass is 10.1. The van der Waals surface area contributed by atoms with Gasteiger partial charge in [-0.15, -0.1) is 5.10 Å². The van der Waals surface area contributed by atoms with E-state index in [1.807, 2.05) is 0 Å². The molecule has 0 saturated heterocycles. The number of methoxy groups -OCH3 is 1. The SMILES string of the molecule is COc1ccccc1-c1nc(S(C)(=O)=O)nc2nn(-c3ccc(F)cc3)c(N)c12. The van der Waals surface area contributed by atoms with Crippen molar-refractivity contribution in [3.05, 3.63) is 54.3 Å². The number of rotatable bonds is 4. The van der Waals surface area contributed by atoms with E-state index in [0.717, 1.165) is 6.26 Å². The molecule has 10 heteroatoms. The monoisotopic (exact) mass is 413 g/mol. The first-order chi connectivity index (χ1) is 13.8. The van der Waals surface area contributed by atoms with Crippen molar-refractivity contribution in [2.24, 2.45) is 0 Å². The van der Waals surface area contributed by atoms with Crippen LogP contribution in [0.1, 0.15) is 0 Å². The molecule has 0 fully saturated rings. The molecule has 0 aliphatic carbocycles. The number of anilines is 1. The Morgan fingerprint density at radius 2 is 1.76 bits per heavy atom. The molecule has 0 bridgehead atoms. The van der Waals surface area contributed by atoms with Crippen LogP contribution in [-0.4, -0.2) is 41.5 Å². The van der Waals surface area contributed by atoms with Gasteiger partial charge in [-0.25, -0.2) is 22.5 Å². The van der Waals surface area contributed by atoms with E-state index in [2.05, 4.69) is 15.1 Å². The highest BCUT2D eigenvalue weighted by Crippen LogP contribution is 2.36. The third kappa shape index (κ3) is 3.27. The van der Waals surface area contributed by atoms with Crippen LogP contribution in [0.25, 0.3) is 28.0 Å². The Labute approximate surface area is 165 Å². The first-order valence-electron chi connectivity index (χ1n) is 8.45. The Morgan fingerprint density at radius 3 is 2.41 bits per heavy atom. The minimum absolute atomic E-state index is 0.100. The standard InChI is InChI=1S/C19H16FN5O3S/c1-28-14-6-4-3-5-13(14)16-15-17(21)25(12-9-7-11(20)8-10-12)24-18(15)23-19(22-16)29(2,26)27/h3-10H,21H2,1-2H3. The van der Waals surface area contributed by atoms with E-state index in [1.165, 1.54) is 36.1 Å². The normalized spacial score (nSPS) is 11.7. The van der Waals surface area contributed by atoms with Crippen LogP contribution in [0.2, 0.25) is 0 Å². The minimum atomic E-state index is -3.72. The molecule has 2 aromatic carbocycles. The summed E-state index contributed by atoms with van der Waals surface area (Å²) >= 11 is 0. The number of sulfone groups is 1. The summed E-state index contributed by atoms with van der Waals surface area (Å²) in [6.07, 6.45) is 1.01. The average Bonchev–Trinajstić information content (AvgIpc) is 3.04. The summed E-state index contributed by atoms with van der Waals surface area (Å²) in [5, 5.41) is 4.33. The van der Waals surface area contributed by atoms with Gasteiger partial charge in [0.25, 0.3) is 0 Å². The van der Waals surface area contributed by atoms with E-state index >= 15 is 0 Å². The maximum absolute atomic E-state index is 13.3. The average molecular weight is 413 g/mol. The molecule has 0 saturated carbocycles. The molecule has 4 aromatic rings. The first-order valence-corrected chi connectivity index (χ1v) is 10.3. The second-order valence-electron chi connectivity index (χ2n) is 6.30.